The molecule has 0 spiro atoms. The van der Waals surface area contributed by atoms with Gasteiger partial charge in [0.15, 0.2) is 0 Å². The van der Waals surface area contributed by atoms with Gasteiger partial charge in [0, 0.05) is 42.9 Å². The third kappa shape index (κ3) is 9.46. The minimum Gasteiger partial charge on any atom is -0.469 e. The van der Waals surface area contributed by atoms with Crippen LogP contribution in [0, 0.1) is 0 Å². The van der Waals surface area contributed by atoms with E-state index in [0.29, 0.717) is 19.3 Å². The first-order valence-corrected chi connectivity index (χ1v) is 17.8. The molecule has 1 aliphatic heterocycles. The SMILES string of the molecule is COC(=O)CC[C@H](NC(=O)CCl)C(=O)N1CCCC[C@H]1C(=O)N[C@@H](Cc1c[nH]c2ccccc12)C(=O)N[C@@H](Cc1ccc2ccccc2c1)C(N)=O. The first-order chi connectivity index (χ1) is 25.1. The predicted molar refractivity (Wildman–Crippen MR) is 196 cm³/mol. The molecule has 6 N–H and O–H groups in total. The van der Waals surface area contributed by atoms with Crippen molar-refractivity contribution in [2.45, 2.75) is 69.1 Å². The Kier molecular flexibility index (Phi) is 12.9. The fraction of sp³-hybridized carbons (Fsp3) is 0.368. The van der Waals surface area contributed by atoms with Crippen LogP contribution in [-0.2, 0) is 46.3 Å². The van der Waals surface area contributed by atoms with E-state index in [9.17, 15) is 28.8 Å². The second-order valence-electron chi connectivity index (χ2n) is 12.9. The molecule has 1 aliphatic rings. The van der Waals surface area contributed by atoms with Gasteiger partial charge in [-0.3, -0.25) is 28.8 Å². The number of piperidine rings is 1. The number of ether oxygens (including phenoxy) is 1. The van der Waals surface area contributed by atoms with Crippen molar-refractivity contribution in [1.82, 2.24) is 25.8 Å². The fourth-order valence-corrected chi connectivity index (χ4v) is 6.69. The number of rotatable bonds is 15. The van der Waals surface area contributed by atoms with Crippen LogP contribution in [0.5, 0.6) is 0 Å². The minimum atomic E-state index is -1.16. The molecular formula is C38H43ClN6O7. The molecule has 5 amide bonds. The Morgan fingerprint density at radius 1 is 0.904 bits per heavy atom. The molecule has 0 bridgehead atoms. The summed E-state index contributed by atoms with van der Waals surface area (Å²) in [5.74, 6) is -4.05. The Hall–Kier alpha value is -5.43. The number of amides is 5. The van der Waals surface area contributed by atoms with E-state index in [0.717, 1.165) is 32.8 Å². The first kappa shape index (κ1) is 37.8. The summed E-state index contributed by atoms with van der Waals surface area (Å²) in [7, 11) is 1.22. The Balaban J connectivity index is 1.38. The molecule has 0 radical (unpaired) electrons. The molecule has 5 rings (SSSR count). The van der Waals surface area contributed by atoms with Crippen LogP contribution in [0.1, 0.15) is 43.2 Å². The number of para-hydroxylation sites is 1. The summed E-state index contributed by atoms with van der Waals surface area (Å²) in [6.07, 6.45) is 3.30. The molecule has 3 aromatic carbocycles. The molecule has 1 saturated heterocycles. The average Bonchev–Trinajstić information content (AvgIpc) is 3.57. The van der Waals surface area contributed by atoms with E-state index in [1.165, 1.54) is 12.0 Å². The van der Waals surface area contributed by atoms with Crippen LogP contribution in [0.3, 0.4) is 0 Å². The number of methoxy groups -OCH3 is 1. The molecule has 4 aromatic rings. The molecule has 13 nitrogen and oxygen atoms in total. The highest BCUT2D eigenvalue weighted by atomic mass is 35.5. The van der Waals surface area contributed by atoms with Gasteiger partial charge in [-0.15, -0.1) is 11.6 Å². The van der Waals surface area contributed by atoms with Crippen LogP contribution in [0.2, 0.25) is 0 Å². The van der Waals surface area contributed by atoms with E-state index < -0.39 is 65.6 Å². The van der Waals surface area contributed by atoms with E-state index in [1.807, 2.05) is 66.7 Å². The topological polar surface area (TPSA) is 193 Å². The maximum Gasteiger partial charge on any atom is 0.305 e. The van der Waals surface area contributed by atoms with E-state index in [1.54, 1.807) is 6.20 Å². The first-order valence-electron chi connectivity index (χ1n) is 17.2. The summed E-state index contributed by atoms with van der Waals surface area (Å²) in [4.78, 5) is 83.4. The molecule has 274 valence electrons. The second-order valence-corrected chi connectivity index (χ2v) is 13.2. The number of hydrogen-bond donors (Lipinski definition) is 5. The van der Waals surface area contributed by atoms with Gasteiger partial charge >= 0.3 is 5.97 Å². The normalized spacial score (nSPS) is 16.0. The standard InChI is InChI=1S/C38H43ClN6O7/c1-52-34(47)16-15-29(42-33(46)21-39)38(51)45-17-7-6-12-32(45)37(50)44-31(20-26-22-41-28-11-5-4-10-27(26)28)36(49)43-30(35(40)48)19-23-13-14-24-8-2-3-9-25(24)18-23/h2-5,8-11,13-14,18,22,29-32,41H,6-7,12,15-17,19-21H2,1H3,(H2,40,48)(H,42,46)(H,43,49)(H,44,50)/t29-,30-,31-,32-/m0/s1. The van der Waals surface area contributed by atoms with Crippen molar-refractivity contribution in [3.05, 3.63) is 84.1 Å². The number of likely N-dealkylation sites (tertiary alicyclic amines) is 1. The van der Waals surface area contributed by atoms with Crippen LogP contribution in [0.15, 0.2) is 72.9 Å². The lowest BCUT2D eigenvalue weighted by Gasteiger charge is -2.37. The third-order valence-electron chi connectivity index (χ3n) is 9.35. The number of esters is 1. The summed E-state index contributed by atoms with van der Waals surface area (Å²) in [6, 6.07) is 16.7. The molecule has 14 heteroatoms. The number of benzene rings is 3. The van der Waals surface area contributed by atoms with Crippen molar-refractivity contribution in [1.29, 1.82) is 0 Å². The highest BCUT2D eigenvalue weighted by Gasteiger charge is 2.38. The smallest absolute Gasteiger partial charge is 0.305 e. The lowest BCUT2D eigenvalue weighted by atomic mass is 9.97. The largest absolute Gasteiger partial charge is 0.469 e. The summed E-state index contributed by atoms with van der Waals surface area (Å²) < 4.78 is 4.71. The van der Waals surface area contributed by atoms with Gasteiger partial charge < -0.3 is 36.3 Å². The number of aromatic nitrogens is 1. The summed E-state index contributed by atoms with van der Waals surface area (Å²) in [5, 5.41) is 11.0. The molecule has 0 aliphatic carbocycles. The van der Waals surface area contributed by atoms with Crippen LogP contribution < -0.4 is 21.7 Å². The lowest BCUT2D eigenvalue weighted by molar-refractivity contribution is -0.146. The van der Waals surface area contributed by atoms with Crippen molar-refractivity contribution >= 4 is 68.8 Å². The maximum atomic E-state index is 14.1. The zero-order valence-electron chi connectivity index (χ0n) is 28.9. The van der Waals surface area contributed by atoms with E-state index in [4.69, 9.17) is 22.1 Å². The van der Waals surface area contributed by atoms with Crippen LogP contribution in [-0.4, -0.2) is 89.1 Å². The number of halogens is 1. The summed E-state index contributed by atoms with van der Waals surface area (Å²) in [5.41, 5.74) is 8.18. The van der Waals surface area contributed by atoms with Gasteiger partial charge in [0.1, 0.15) is 30.0 Å². The molecular weight excluding hydrogens is 688 g/mol. The monoisotopic (exact) mass is 730 g/mol. The fourth-order valence-electron chi connectivity index (χ4n) is 6.62. The van der Waals surface area contributed by atoms with Gasteiger partial charge in [-0.1, -0.05) is 60.7 Å². The predicted octanol–water partition coefficient (Wildman–Crippen LogP) is 2.62. The Labute approximate surface area is 305 Å². The number of aromatic amines is 1. The molecule has 4 atom stereocenters. The zero-order chi connectivity index (χ0) is 37.2. The van der Waals surface area contributed by atoms with Crippen LogP contribution in [0.4, 0.5) is 0 Å². The zero-order valence-corrected chi connectivity index (χ0v) is 29.6. The highest BCUT2D eigenvalue weighted by Crippen LogP contribution is 2.23. The summed E-state index contributed by atoms with van der Waals surface area (Å²) in [6.45, 7) is 0.219. The van der Waals surface area contributed by atoms with E-state index in [2.05, 4.69) is 20.9 Å². The van der Waals surface area contributed by atoms with E-state index in [-0.39, 0.29) is 32.2 Å². The van der Waals surface area contributed by atoms with Gasteiger partial charge in [0.25, 0.3) is 0 Å². The number of alkyl halides is 1. The van der Waals surface area contributed by atoms with Crippen molar-refractivity contribution in [3.8, 4) is 0 Å². The molecule has 52 heavy (non-hydrogen) atoms. The molecule has 2 heterocycles. The van der Waals surface area contributed by atoms with Crippen molar-refractivity contribution in [3.63, 3.8) is 0 Å². The minimum absolute atomic E-state index is 0.0592. The number of hydrogen-bond acceptors (Lipinski definition) is 7. The second kappa shape index (κ2) is 17.7. The average molecular weight is 731 g/mol. The third-order valence-corrected chi connectivity index (χ3v) is 9.60. The van der Waals surface area contributed by atoms with Gasteiger partial charge in [-0.05, 0) is 53.6 Å². The quantitative estimate of drug-likeness (QED) is 0.0917. The van der Waals surface area contributed by atoms with E-state index >= 15 is 0 Å². The van der Waals surface area contributed by atoms with Crippen LogP contribution >= 0.6 is 11.6 Å². The van der Waals surface area contributed by atoms with Gasteiger partial charge in [-0.2, -0.15) is 0 Å². The number of primary amides is 1. The summed E-state index contributed by atoms with van der Waals surface area (Å²) >= 11 is 5.70. The number of carbonyl (C=O) groups excluding carboxylic acids is 6. The number of carbonyl (C=O) groups is 6. The van der Waals surface area contributed by atoms with Crippen LogP contribution in [0.25, 0.3) is 21.7 Å². The Morgan fingerprint density at radius 3 is 2.40 bits per heavy atom. The number of H-pyrrole nitrogens is 1. The maximum absolute atomic E-state index is 14.1. The van der Waals surface area contributed by atoms with Crippen molar-refractivity contribution in [2.24, 2.45) is 5.73 Å². The van der Waals surface area contributed by atoms with Crippen molar-refractivity contribution < 1.29 is 33.5 Å². The molecule has 1 fully saturated rings. The van der Waals surface area contributed by atoms with Gasteiger partial charge in [0.05, 0.1) is 7.11 Å². The molecule has 1 aromatic heterocycles. The highest BCUT2D eigenvalue weighted by molar-refractivity contribution is 6.27. The Bertz CT molecular complexity index is 1950. The number of nitrogens with one attached hydrogen (secondary N) is 4. The Morgan fingerprint density at radius 2 is 1.65 bits per heavy atom. The number of fused-ring (bicyclic) bond motifs is 2. The van der Waals surface area contributed by atoms with Gasteiger partial charge in [-0.25, -0.2) is 0 Å². The molecule has 0 saturated carbocycles. The lowest BCUT2D eigenvalue weighted by Crippen LogP contribution is -2.60. The molecule has 0 unspecified atom stereocenters. The van der Waals surface area contributed by atoms with Gasteiger partial charge in [0.2, 0.25) is 29.5 Å². The van der Waals surface area contributed by atoms with Crippen molar-refractivity contribution in [2.75, 3.05) is 19.5 Å². The number of nitrogens with two attached hydrogens (primary N) is 1. The number of nitrogens with zero attached hydrogens (tertiary/aromatic N) is 1.